The van der Waals surface area contributed by atoms with Gasteiger partial charge in [-0.2, -0.15) is 0 Å². The van der Waals surface area contributed by atoms with Crippen molar-refractivity contribution in [3.05, 3.63) is 82.4 Å². The van der Waals surface area contributed by atoms with Gasteiger partial charge < -0.3 is 9.47 Å². The van der Waals surface area contributed by atoms with Gasteiger partial charge in [-0.05, 0) is 80.8 Å². The molecule has 1 saturated carbocycles. The normalized spacial score (nSPS) is 16.4. The summed E-state index contributed by atoms with van der Waals surface area (Å²) >= 11 is 0. The summed E-state index contributed by atoms with van der Waals surface area (Å²) in [6.45, 7) is 4.75. The molecule has 1 aliphatic carbocycles. The molecule has 2 aromatic heterocycles. The Bertz CT molecular complexity index is 2150. The molecule has 1 spiro atoms. The van der Waals surface area contributed by atoms with Crippen molar-refractivity contribution in [2.75, 3.05) is 30.3 Å². The van der Waals surface area contributed by atoms with E-state index >= 15 is 0 Å². The highest BCUT2D eigenvalue weighted by molar-refractivity contribution is 7.97. The smallest absolute Gasteiger partial charge is 0.275 e. The van der Waals surface area contributed by atoms with E-state index in [4.69, 9.17) is 0 Å². The molecule has 1 aliphatic heterocycles. The monoisotopic (exact) mass is 672 g/mol. The van der Waals surface area contributed by atoms with E-state index in [1.54, 1.807) is 31.4 Å². The molecule has 0 amide bonds. The van der Waals surface area contributed by atoms with E-state index in [1.807, 2.05) is 25.1 Å². The van der Waals surface area contributed by atoms with Gasteiger partial charge in [0, 0.05) is 61.3 Å². The number of aromatic nitrogens is 2. The summed E-state index contributed by atoms with van der Waals surface area (Å²) in [4.78, 5) is 15.9. The van der Waals surface area contributed by atoms with Crippen LogP contribution in [0.5, 0.6) is 0 Å². The minimum Gasteiger partial charge on any atom is -0.370 e. The van der Waals surface area contributed by atoms with Gasteiger partial charge >= 0.3 is 0 Å². The minimum absolute atomic E-state index is 0.0237. The molecule has 2 aromatic carbocycles. The molecule has 2 aliphatic rings. The Morgan fingerprint density at radius 2 is 1.67 bits per heavy atom. The van der Waals surface area contributed by atoms with Crippen molar-refractivity contribution in [3.63, 3.8) is 0 Å². The number of benzene rings is 2. The van der Waals surface area contributed by atoms with Crippen molar-refractivity contribution in [3.8, 4) is 11.1 Å². The lowest BCUT2D eigenvalue weighted by Gasteiger charge is -2.24. The van der Waals surface area contributed by atoms with Crippen LogP contribution in [0.4, 0.5) is 5.69 Å². The highest BCUT2D eigenvalue weighted by Gasteiger charge is 2.48. The topological polar surface area (TPSA) is 136 Å². The second-order valence-corrected chi connectivity index (χ2v) is 17.3. The molecule has 45 heavy (non-hydrogen) atoms. The number of anilines is 1. The number of rotatable bonds is 10. The Balaban J connectivity index is 1.50. The third kappa shape index (κ3) is 5.73. The standard InChI is InChI=1S/C31H36N4O7S3/c1-4-44(39,40)35(43(37)38)17-11-23-7-10-28(33-18-15-31(21-33)13-14-31)26(19-23)27-20-32(3)30(36)29-25(27)12-16-34(29)45(41,42)24-8-5-22(2)6-9-24/h5-10,12,16,19-20,43H,4,11,13-15,17-18,21H2,1-3H3. The number of hydrogen-bond acceptors (Lipinski definition) is 8. The molecule has 4 aromatic rings. The molecule has 6 rings (SSSR count). The lowest BCUT2D eigenvalue weighted by Crippen LogP contribution is -2.32. The molecule has 0 N–H and O–H groups in total. The van der Waals surface area contributed by atoms with Crippen LogP contribution in [0.25, 0.3) is 22.0 Å². The van der Waals surface area contributed by atoms with E-state index in [-0.39, 0.29) is 29.1 Å². The molecule has 1 saturated heterocycles. The van der Waals surface area contributed by atoms with Crippen molar-refractivity contribution in [2.45, 2.75) is 44.4 Å². The quantitative estimate of drug-likeness (QED) is 0.254. The van der Waals surface area contributed by atoms with Crippen molar-refractivity contribution in [1.29, 1.82) is 0 Å². The van der Waals surface area contributed by atoms with Crippen molar-refractivity contribution >= 4 is 47.5 Å². The van der Waals surface area contributed by atoms with Crippen LogP contribution in [0.1, 0.15) is 37.3 Å². The number of aryl methyl sites for hydroxylation is 2. The lowest BCUT2D eigenvalue weighted by atomic mass is 9.97. The van der Waals surface area contributed by atoms with Gasteiger partial charge in [0.1, 0.15) is 5.52 Å². The minimum atomic E-state index is -4.09. The highest BCUT2D eigenvalue weighted by Crippen LogP contribution is 2.54. The van der Waals surface area contributed by atoms with Crippen LogP contribution in [0.15, 0.2) is 70.6 Å². The molecule has 2 fully saturated rings. The largest absolute Gasteiger partial charge is 0.370 e. The Morgan fingerprint density at radius 3 is 2.29 bits per heavy atom. The fourth-order valence-corrected chi connectivity index (χ4v) is 9.66. The first-order chi connectivity index (χ1) is 21.3. The molecular weight excluding hydrogens is 637 g/mol. The molecule has 240 valence electrons. The van der Waals surface area contributed by atoms with E-state index in [0.717, 1.165) is 40.3 Å². The number of fused-ring (bicyclic) bond motifs is 1. The maximum Gasteiger partial charge on any atom is 0.275 e. The summed E-state index contributed by atoms with van der Waals surface area (Å²) in [5.41, 5.74) is 3.80. The maximum atomic E-state index is 13.8. The van der Waals surface area contributed by atoms with Gasteiger partial charge in [0.2, 0.25) is 20.9 Å². The number of nitrogens with zero attached hydrogens (tertiary/aromatic N) is 4. The van der Waals surface area contributed by atoms with Gasteiger partial charge in [0.05, 0.1) is 10.6 Å². The fraction of sp³-hybridized carbons (Fsp3) is 0.387. The van der Waals surface area contributed by atoms with Crippen LogP contribution >= 0.6 is 0 Å². The van der Waals surface area contributed by atoms with Crippen LogP contribution in [0.3, 0.4) is 0 Å². The number of sulfonamides is 1. The van der Waals surface area contributed by atoms with E-state index in [0.29, 0.717) is 25.6 Å². The maximum absolute atomic E-state index is 13.8. The highest BCUT2D eigenvalue weighted by atomic mass is 32.3. The number of hydrogen-bond donors (Lipinski definition) is 1. The number of pyridine rings is 1. The predicted octanol–water partition coefficient (Wildman–Crippen LogP) is 3.26. The molecular formula is C31H36N4O7S3. The van der Waals surface area contributed by atoms with Crippen LogP contribution in [-0.2, 0) is 44.4 Å². The summed E-state index contributed by atoms with van der Waals surface area (Å²) in [6, 6.07) is 13.8. The van der Waals surface area contributed by atoms with Gasteiger partial charge in [-0.15, -0.1) is 0 Å². The summed E-state index contributed by atoms with van der Waals surface area (Å²) in [7, 11) is -9.82. The molecule has 11 nitrogen and oxygen atoms in total. The van der Waals surface area contributed by atoms with Crippen LogP contribution in [0.2, 0.25) is 0 Å². The zero-order valence-electron chi connectivity index (χ0n) is 25.3. The van der Waals surface area contributed by atoms with Crippen LogP contribution in [-0.4, -0.2) is 62.9 Å². The average Bonchev–Trinajstić information content (AvgIpc) is 3.40. The average molecular weight is 673 g/mol. The SMILES string of the molecule is CCS(=O)(=O)N(CCc1ccc(N2CCC3(CC3)C2)c(-c2cn(C)c(=O)c3c2ccn3S(=O)(=O)c2ccc(C)cc2)c1)[SH](=O)=O. The molecule has 0 radical (unpaired) electrons. The summed E-state index contributed by atoms with van der Waals surface area (Å²) in [5.74, 6) is -0.338. The zero-order chi connectivity index (χ0) is 32.3. The van der Waals surface area contributed by atoms with E-state index in [2.05, 4.69) is 4.90 Å². The van der Waals surface area contributed by atoms with Gasteiger partial charge in [0.15, 0.2) is 0 Å². The Hall–Kier alpha value is -3.46. The lowest BCUT2D eigenvalue weighted by molar-refractivity contribution is 0.511. The Kier molecular flexibility index (Phi) is 7.99. The van der Waals surface area contributed by atoms with Crippen molar-refractivity contribution in [1.82, 2.24) is 12.3 Å². The Morgan fingerprint density at radius 1 is 0.956 bits per heavy atom. The van der Waals surface area contributed by atoms with Gasteiger partial charge in [-0.3, -0.25) is 4.79 Å². The first-order valence-electron chi connectivity index (χ1n) is 14.8. The summed E-state index contributed by atoms with van der Waals surface area (Å²) < 4.78 is 78.9. The van der Waals surface area contributed by atoms with E-state index in [1.165, 1.54) is 42.7 Å². The van der Waals surface area contributed by atoms with Crippen molar-refractivity contribution < 1.29 is 25.3 Å². The molecule has 0 unspecified atom stereocenters. The molecule has 3 heterocycles. The van der Waals surface area contributed by atoms with Crippen LogP contribution < -0.4 is 10.5 Å². The predicted molar refractivity (Wildman–Crippen MR) is 175 cm³/mol. The van der Waals surface area contributed by atoms with E-state index in [9.17, 15) is 30.0 Å². The first-order valence-corrected chi connectivity index (χ1v) is 19.0. The molecule has 0 atom stereocenters. The fourth-order valence-electron chi connectivity index (χ4n) is 6.22. The van der Waals surface area contributed by atoms with Crippen LogP contribution in [0, 0.1) is 12.3 Å². The first kappa shape index (κ1) is 31.5. The molecule has 0 bridgehead atoms. The molecule has 14 heteroatoms. The van der Waals surface area contributed by atoms with Gasteiger partial charge in [-0.25, -0.2) is 29.2 Å². The summed E-state index contributed by atoms with van der Waals surface area (Å²) in [5, 5.41) is 0.463. The second-order valence-electron chi connectivity index (χ2n) is 12.1. The Labute approximate surface area is 264 Å². The zero-order valence-corrected chi connectivity index (χ0v) is 27.9. The van der Waals surface area contributed by atoms with E-state index < -0.39 is 36.5 Å². The second kappa shape index (κ2) is 11.4. The third-order valence-electron chi connectivity index (χ3n) is 9.11. The van der Waals surface area contributed by atoms with Gasteiger partial charge in [0.25, 0.3) is 15.6 Å². The van der Waals surface area contributed by atoms with Crippen molar-refractivity contribution in [2.24, 2.45) is 12.5 Å². The third-order valence-corrected chi connectivity index (χ3v) is 14.1. The summed E-state index contributed by atoms with van der Waals surface area (Å²) in [6.07, 6.45) is 6.66. The van der Waals surface area contributed by atoms with Gasteiger partial charge in [-0.1, -0.05) is 27.5 Å². The number of thiol groups is 1.